The Labute approximate surface area is 188 Å². The molecule has 162 valence electrons. The van der Waals surface area contributed by atoms with Crippen LogP contribution in [-0.2, 0) is 5.75 Å². The molecule has 0 saturated carbocycles. The molecule has 0 saturated heterocycles. The predicted octanol–water partition coefficient (Wildman–Crippen LogP) is 4.45. The molecule has 32 heavy (non-hydrogen) atoms. The summed E-state index contributed by atoms with van der Waals surface area (Å²) in [4.78, 5) is 17.9. The molecule has 3 heterocycles. The maximum atomic E-state index is 13.5. The van der Waals surface area contributed by atoms with Crippen molar-refractivity contribution in [1.82, 2.24) is 29.3 Å². The van der Waals surface area contributed by atoms with Crippen LogP contribution in [0.15, 0.2) is 56.9 Å². The van der Waals surface area contributed by atoms with Crippen LogP contribution in [0, 0.1) is 13.8 Å². The van der Waals surface area contributed by atoms with Gasteiger partial charge in [-0.25, -0.2) is 4.57 Å². The number of fused-ring (bicyclic) bond motifs is 3. The van der Waals surface area contributed by atoms with Gasteiger partial charge in [-0.15, -0.1) is 10.2 Å². The Morgan fingerprint density at radius 2 is 1.88 bits per heavy atom. The maximum absolute atomic E-state index is 13.5. The Hall–Kier alpha value is -3.46. The smallest absolute Gasteiger partial charge is 0.267 e. The second-order valence-corrected chi connectivity index (χ2v) is 8.93. The van der Waals surface area contributed by atoms with E-state index in [9.17, 15) is 4.79 Å². The van der Waals surface area contributed by atoms with E-state index in [0.717, 1.165) is 22.3 Å². The van der Waals surface area contributed by atoms with Crippen LogP contribution >= 0.6 is 11.8 Å². The zero-order chi connectivity index (χ0) is 22.4. The number of thioether (sulfide) groups is 1. The van der Waals surface area contributed by atoms with Gasteiger partial charge in [0, 0.05) is 5.92 Å². The Kier molecular flexibility index (Phi) is 5.05. The normalized spacial score (nSPS) is 11.8. The van der Waals surface area contributed by atoms with Crippen LogP contribution in [0.4, 0.5) is 0 Å². The lowest BCUT2D eigenvalue weighted by Crippen LogP contribution is -2.22. The molecule has 5 rings (SSSR count). The third-order valence-electron chi connectivity index (χ3n) is 5.52. The standard InChI is InChI=1S/C23H22N6O2S/c1-13(2)20-24-19(27-31-20)12-32-23-26-25-22-28(17-11-7-8-14(3)15(17)4)21(30)16-9-5-6-10-18(16)29(22)23/h5-11,13H,12H2,1-4H3. The summed E-state index contributed by atoms with van der Waals surface area (Å²) in [5.74, 6) is 2.34. The second kappa shape index (κ2) is 7.90. The Morgan fingerprint density at radius 3 is 2.66 bits per heavy atom. The predicted molar refractivity (Wildman–Crippen MR) is 124 cm³/mol. The molecule has 5 aromatic rings. The van der Waals surface area contributed by atoms with Crippen molar-refractivity contribution < 1.29 is 4.52 Å². The first-order chi connectivity index (χ1) is 15.5. The fourth-order valence-electron chi connectivity index (χ4n) is 3.66. The van der Waals surface area contributed by atoms with Crippen LogP contribution in [0.25, 0.3) is 22.4 Å². The van der Waals surface area contributed by atoms with Crippen LogP contribution in [-0.4, -0.2) is 29.3 Å². The molecule has 0 aliphatic carbocycles. The summed E-state index contributed by atoms with van der Waals surface area (Å²) < 4.78 is 8.88. The minimum absolute atomic E-state index is 0.120. The van der Waals surface area contributed by atoms with Gasteiger partial charge in [0.05, 0.1) is 22.3 Å². The molecule has 9 heteroatoms. The number of hydrogen-bond donors (Lipinski definition) is 0. The van der Waals surface area contributed by atoms with Gasteiger partial charge in [-0.2, -0.15) is 4.98 Å². The molecule has 0 N–H and O–H groups in total. The first-order valence-corrected chi connectivity index (χ1v) is 11.3. The molecule has 8 nitrogen and oxygen atoms in total. The van der Waals surface area contributed by atoms with E-state index >= 15 is 0 Å². The van der Waals surface area contributed by atoms with Crippen LogP contribution < -0.4 is 5.56 Å². The molecule has 0 spiro atoms. The van der Waals surface area contributed by atoms with Crippen molar-refractivity contribution in [2.45, 2.75) is 44.5 Å². The van der Waals surface area contributed by atoms with E-state index in [1.165, 1.54) is 11.8 Å². The lowest BCUT2D eigenvalue weighted by molar-refractivity contribution is 0.362. The zero-order valence-corrected chi connectivity index (χ0v) is 19.1. The topological polar surface area (TPSA) is 91.1 Å². The average Bonchev–Trinajstić information content (AvgIpc) is 3.43. The summed E-state index contributed by atoms with van der Waals surface area (Å²) in [7, 11) is 0. The van der Waals surface area contributed by atoms with E-state index in [1.807, 2.05) is 74.6 Å². The number of nitrogens with zero attached hydrogens (tertiary/aromatic N) is 6. The quantitative estimate of drug-likeness (QED) is 0.368. The highest BCUT2D eigenvalue weighted by Gasteiger charge is 2.20. The number of rotatable bonds is 5. The summed E-state index contributed by atoms with van der Waals surface area (Å²) in [6, 6.07) is 13.4. The lowest BCUT2D eigenvalue weighted by Gasteiger charge is -2.14. The summed E-state index contributed by atoms with van der Waals surface area (Å²) in [5.41, 5.74) is 3.57. The van der Waals surface area contributed by atoms with E-state index in [2.05, 4.69) is 20.3 Å². The highest BCUT2D eigenvalue weighted by Crippen LogP contribution is 2.26. The molecule has 0 aliphatic rings. The van der Waals surface area contributed by atoms with E-state index in [4.69, 9.17) is 4.52 Å². The molecule has 0 unspecified atom stereocenters. The number of para-hydroxylation sites is 1. The van der Waals surface area contributed by atoms with Crippen LogP contribution in [0.2, 0.25) is 0 Å². The van der Waals surface area contributed by atoms with E-state index in [-0.39, 0.29) is 11.5 Å². The fourth-order valence-corrected chi connectivity index (χ4v) is 4.44. The fraction of sp³-hybridized carbons (Fsp3) is 0.261. The Bertz CT molecular complexity index is 1510. The molecular weight excluding hydrogens is 424 g/mol. The summed E-state index contributed by atoms with van der Waals surface area (Å²) in [6.45, 7) is 8.06. The molecule has 0 fully saturated rings. The first kappa shape index (κ1) is 20.4. The van der Waals surface area contributed by atoms with Crippen molar-refractivity contribution in [2.24, 2.45) is 0 Å². The molecule has 2 aromatic carbocycles. The van der Waals surface area contributed by atoms with Gasteiger partial charge in [0.15, 0.2) is 11.0 Å². The summed E-state index contributed by atoms with van der Waals surface area (Å²) in [5, 5.41) is 14.1. The number of aromatic nitrogens is 6. The molecule has 0 aliphatic heterocycles. The maximum Gasteiger partial charge on any atom is 0.267 e. The van der Waals surface area contributed by atoms with E-state index < -0.39 is 0 Å². The van der Waals surface area contributed by atoms with Crippen molar-refractivity contribution in [3.63, 3.8) is 0 Å². The van der Waals surface area contributed by atoms with Crippen molar-refractivity contribution in [3.8, 4) is 5.69 Å². The summed E-state index contributed by atoms with van der Waals surface area (Å²) in [6.07, 6.45) is 0. The highest BCUT2D eigenvalue weighted by molar-refractivity contribution is 7.98. The second-order valence-electron chi connectivity index (χ2n) is 7.99. The molecule has 0 atom stereocenters. The van der Waals surface area contributed by atoms with Gasteiger partial charge in [-0.05, 0) is 43.2 Å². The Balaban J connectivity index is 1.69. The zero-order valence-electron chi connectivity index (χ0n) is 18.2. The monoisotopic (exact) mass is 446 g/mol. The van der Waals surface area contributed by atoms with Gasteiger partial charge < -0.3 is 4.52 Å². The van der Waals surface area contributed by atoms with Crippen molar-refractivity contribution in [2.75, 3.05) is 0 Å². The minimum atomic E-state index is -0.120. The van der Waals surface area contributed by atoms with Crippen LogP contribution in [0.3, 0.4) is 0 Å². The molecule has 0 bridgehead atoms. The number of aryl methyl sites for hydroxylation is 1. The van der Waals surface area contributed by atoms with Gasteiger partial charge in [0.25, 0.3) is 5.56 Å². The molecule has 3 aromatic heterocycles. The van der Waals surface area contributed by atoms with Gasteiger partial charge in [-0.3, -0.25) is 9.20 Å². The minimum Gasteiger partial charge on any atom is -0.339 e. The van der Waals surface area contributed by atoms with Crippen LogP contribution in [0.5, 0.6) is 0 Å². The lowest BCUT2D eigenvalue weighted by atomic mass is 10.1. The van der Waals surface area contributed by atoms with E-state index in [1.54, 1.807) is 4.57 Å². The van der Waals surface area contributed by atoms with Gasteiger partial charge in [-0.1, -0.05) is 55.0 Å². The number of benzene rings is 2. The van der Waals surface area contributed by atoms with Gasteiger partial charge in [0.2, 0.25) is 11.7 Å². The molecular formula is C23H22N6O2S. The van der Waals surface area contributed by atoms with E-state index in [0.29, 0.717) is 33.8 Å². The van der Waals surface area contributed by atoms with Gasteiger partial charge >= 0.3 is 0 Å². The third kappa shape index (κ3) is 3.29. The van der Waals surface area contributed by atoms with Crippen molar-refractivity contribution in [1.29, 1.82) is 0 Å². The molecule has 0 radical (unpaired) electrons. The third-order valence-corrected chi connectivity index (χ3v) is 6.44. The first-order valence-electron chi connectivity index (χ1n) is 10.4. The number of hydrogen-bond acceptors (Lipinski definition) is 7. The van der Waals surface area contributed by atoms with Crippen molar-refractivity contribution >= 4 is 28.4 Å². The summed E-state index contributed by atoms with van der Waals surface area (Å²) >= 11 is 1.46. The van der Waals surface area contributed by atoms with Crippen LogP contribution in [0.1, 0.15) is 42.6 Å². The van der Waals surface area contributed by atoms with Crippen molar-refractivity contribution in [3.05, 3.63) is 75.7 Å². The highest BCUT2D eigenvalue weighted by atomic mass is 32.2. The SMILES string of the molecule is Cc1cccc(-n2c(=O)c3ccccc3n3c(SCc4noc(C(C)C)n4)nnc23)c1C. The Morgan fingerprint density at radius 1 is 1.06 bits per heavy atom. The average molecular weight is 447 g/mol. The molecule has 0 amide bonds. The van der Waals surface area contributed by atoms with Gasteiger partial charge in [0.1, 0.15) is 0 Å². The largest absolute Gasteiger partial charge is 0.339 e.